The van der Waals surface area contributed by atoms with Crippen molar-refractivity contribution >= 4 is 0 Å². The lowest BCUT2D eigenvalue weighted by Crippen LogP contribution is -2.47. The average Bonchev–Trinajstić information content (AvgIpc) is 2.27. The van der Waals surface area contributed by atoms with Crippen LogP contribution in [0.15, 0.2) is 0 Å². The molecule has 0 amide bonds. The minimum Gasteiger partial charge on any atom is -0.311 e. The van der Waals surface area contributed by atoms with Crippen LogP contribution in [-0.4, -0.2) is 68.3 Å². The fraction of sp³-hybridized carbons (Fsp3) is 1.00. The number of nitrogens with zero attached hydrogens (tertiary/aromatic N) is 2. The molecule has 0 aliphatic carbocycles. The van der Waals surface area contributed by atoms with Gasteiger partial charge in [0.05, 0.1) is 6.54 Å². The van der Waals surface area contributed by atoms with Crippen LogP contribution >= 0.6 is 0 Å². The fourth-order valence-electron chi connectivity index (χ4n) is 2.45. The zero-order valence-corrected chi connectivity index (χ0v) is 12.1. The van der Waals surface area contributed by atoms with Crippen molar-refractivity contribution in [2.75, 3.05) is 40.3 Å². The predicted octanol–water partition coefficient (Wildman–Crippen LogP) is 1.94. The maximum atomic E-state index is 12.3. The Morgan fingerprint density at radius 3 is 2.32 bits per heavy atom. The van der Waals surface area contributed by atoms with Crippen LogP contribution < -0.4 is 5.32 Å². The van der Waals surface area contributed by atoms with Gasteiger partial charge in [-0.05, 0) is 59.9 Å². The molecule has 0 aromatic heterocycles. The molecule has 1 heterocycles. The largest absolute Gasteiger partial charge is 0.401 e. The highest BCUT2D eigenvalue weighted by molar-refractivity contribution is 4.80. The SMILES string of the molecule is CC(CCN(C)C)NC1CCN(CC(F)(F)F)CC1. The van der Waals surface area contributed by atoms with Gasteiger partial charge in [0.2, 0.25) is 0 Å². The Morgan fingerprint density at radius 2 is 1.84 bits per heavy atom. The quantitative estimate of drug-likeness (QED) is 0.803. The highest BCUT2D eigenvalue weighted by Gasteiger charge is 2.32. The van der Waals surface area contributed by atoms with E-state index in [0.717, 1.165) is 25.8 Å². The molecule has 0 aromatic carbocycles. The van der Waals surface area contributed by atoms with Gasteiger partial charge >= 0.3 is 6.18 Å². The summed E-state index contributed by atoms with van der Waals surface area (Å²) >= 11 is 0. The summed E-state index contributed by atoms with van der Waals surface area (Å²) in [6.45, 7) is 3.48. The minimum absolute atomic E-state index is 0.363. The third kappa shape index (κ3) is 7.74. The van der Waals surface area contributed by atoms with Gasteiger partial charge in [0.15, 0.2) is 0 Å². The summed E-state index contributed by atoms with van der Waals surface area (Å²) in [5, 5.41) is 3.52. The number of halogens is 3. The van der Waals surface area contributed by atoms with Crippen LogP contribution in [0.1, 0.15) is 26.2 Å². The Bertz CT molecular complexity index is 248. The minimum atomic E-state index is -4.07. The third-order valence-electron chi connectivity index (χ3n) is 3.52. The van der Waals surface area contributed by atoms with Crippen LogP contribution in [0.25, 0.3) is 0 Å². The first-order chi connectivity index (χ1) is 8.76. The Balaban J connectivity index is 2.19. The number of rotatable bonds is 6. The van der Waals surface area contributed by atoms with Crippen molar-refractivity contribution in [1.29, 1.82) is 0 Å². The molecule has 3 nitrogen and oxygen atoms in total. The van der Waals surface area contributed by atoms with Gasteiger partial charge in [0, 0.05) is 12.1 Å². The first-order valence-corrected chi connectivity index (χ1v) is 6.96. The van der Waals surface area contributed by atoms with Crippen molar-refractivity contribution in [3.63, 3.8) is 0 Å². The van der Waals surface area contributed by atoms with E-state index in [-0.39, 0.29) is 0 Å². The molecular formula is C13H26F3N3. The Kier molecular flexibility index (Phi) is 6.56. The monoisotopic (exact) mass is 281 g/mol. The molecular weight excluding hydrogens is 255 g/mol. The van der Waals surface area contributed by atoms with Gasteiger partial charge in [-0.2, -0.15) is 13.2 Å². The summed E-state index contributed by atoms with van der Waals surface area (Å²) in [5.41, 5.74) is 0. The maximum Gasteiger partial charge on any atom is 0.401 e. The highest BCUT2D eigenvalue weighted by Crippen LogP contribution is 2.20. The van der Waals surface area contributed by atoms with Crippen molar-refractivity contribution in [2.24, 2.45) is 0 Å². The van der Waals surface area contributed by atoms with Crippen molar-refractivity contribution < 1.29 is 13.2 Å². The smallest absolute Gasteiger partial charge is 0.311 e. The molecule has 0 spiro atoms. The second kappa shape index (κ2) is 7.45. The van der Waals surface area contributed by atoms with E-state index in [4.69, 9.17) is 0 Å². The Labute approximate surface area is 114 Å². The summed E-state index contributed by atoms with van der Waals surface area (Å²) in [6.07, 6.45) is -1.39. The van der Waals surface area contributed by atoms with Gasteiger partial charge in [-0.3, -0.25) is 4.90 Å². The number of alkyl halides is 3. The molecule has 0 radical (unpaired) electrons. The van der Waals surface area contributed by atoms with Crippen molar-refractivity contribution in [3.05, 3.63) is 0 Å². The second-order valence-electron chi connectivity index (χ2n) is 5.83. The van der Waals surface area contributed by atoms with Crippen LogP contribution in [0.3, 0.4) is 0 Å². The Morgan fingerprint density at radius 1 is 1.26 bits per heavy atom. The standard InChI is InChI=1S/C13H26F3N3/c1-11(4-7-18(2)3)17-12-5-8-19(9-6-12)10-13(14,15)16/h11-12,17H,4-10H2,1-3H3. The van der Waals surface area contributed by atoms with E-state index in [0.29, 0.717) is 25.2 Å². The lowest BCUT2D eigenvalue weighted by molar-refractivity contribution is -0.148. The molecule has 114 valence electrons. The van der Waals surface area contributed by atoms with Crippen LogP contribution in [0, 0.1) is 0 Å². The maximum absolute atomic E-state index is 12.3. The van der Waals surface area contributed by atoms with E-state index in [1.165, 1.54) is 4.90 Å². The number of piperidine rings is 1. The second-order valence-corrected chi connectivity index (χ2v) is 5.83. The van der Waals surface area contributed by atoms with E-state index >= 15 is 0 Å². The third-order valence-corrected chi connectivity index (χ3v) is 3.52. The van der Waals surface area contributed by atoms with Crippen molar-refractivity contribution in [1.82, 2.24) is 15.1 Å². The average molecular weight is 281 g/mol. The first-order valence-electron chi connectivity index (χ1n) is 6.96. The number of hydrogen-bond acceptors (Lipinski definition) is 3. The summed E-state index contributed by atoms with van der Waals surface area (Å²) in [6, 6.07) is 0.781. The molecule has 19 heavy (non-hydrogen) atoms. The normalized spacial score (nSPS) is 21.0. The van der Waals surface area contributed by atoms with Gasteiger partial charge in [0.25, 0.3) is 0 Å². The molecule has 1 aliphatic rings. The van der Waals surface area contributed by atoms with Crippen molar-refractivity contribution in [2.45, 2.75) is 44.4 Å². The van der Waals surface area contributed by atoms with E-state index in [9.17, 15) is 13.2 Å². The molecule has 1 rings (SSSR count). The van der Waals surface area contributed by atoms with Crippen molar-refractivity contribution in [3.8, 4) is 0 Å². The molecule has 1 saturated heterocycles. The lowest BCUT2D eigenvalue weighted by Gasteiger charge is -2.34. The lowest BCUT2D eigenvalue weighted by atomic mass is 10.0. The van der Waals surface area contributed by atoms with E-state index in [1.807, 2.05) is 14.1 Å². The molecule has 1 atom stereocenters. The van der Waals surface area contributed by atoms with Crippen LogP contribution in [0.5, 0.6) is 0 Å². The van der Waals surface area contributed by atoms with Gasteiger partial charge in [-0.25, -0.2) is 0 Å². The van der Waals surface area contributed by atoms with E-state index in [2.05, 4.69) is 17.1 Å². The van der Waals surface area contributed by atoms with Gasteiger partial charge in [-0.1, -0.05) is 0 Å². The van der Waals surface area contributed by atoms with E-state index in [1.54, 1.807) is 0 Å². The van der Waals surface area contributed by atoms with E-state index < -0.39 is 12.7 Å². The van der Waals surface area contributed by atoms with Crippen LogP contribution in [-0.2, 0) is 0 Å². The van der Waals surface area contributed by atoms with Gasteiger partial charge in [0.1, 0.15) is 0 Å². The fourth-order valence-corrected chi connectivity index (χ4v) is 2.45. The molecule has 0 aromatic rings. The summed E-state index contributed by atoms with van der Waals surface area (Å²) < 4.78 is 36.8. The number of nitrogens with one attached hydrogen (secondary N) is 1. The molecule has 1 fully saturated rings. The van der Waals surface area contributed by atoms with Crippen LogP contribution in [0.2, 0.25) is 0 Å². The zero-order valence-electron chi connectivity index (χ0n) is 12.1. The number of hydrogen-bond donors (Lipinski definition) is 1. The summed E-state index contributed by atoms with van der Waals surface area (Å²) in [7, 11) is 4.09. The molecule has 1 unspecified atom stereocenters. The molecule has 0 saturated carbocycles. The Hall–Kier alpha value is -0.330. The highest BCUT2D eigenvalue weighted by atomic mass is 19.4. The van der Waals surface area contributed by atoms with Gasteiger partial charge in [-0.15, -0.1) is 0 Å². The summed E-state index contributed by atoms with van der Waals surface area (Å²) in [4.78, 5) is 3.65. The molecule has 6 heteroatoms. The zero-order chi connectivity index (χ0) is 14.5. The topological polar surface area (TPSA) is 18.5 Å². The summed E-state index contributed by atoms with van der Waals surface area (Å²) in [5.74, 6) is 0. The van der Waals surface area contributed by atoms with Crippen LogP contribution in [0.4, 0.5) is 13.2 Å². The van der Waals surface area contributed by atoms with Gasteiger partial charge < -0.3 is 10.2 Å². The molecule has 1 aliphatic heterocycles. The first kappa shape index (κ1) is 16.7. The number of likely N-dealkylation sites (tertiary alicyclic amines) is 1. The predicted molar refractivity (Wildman–Crippen MR) is 71.3 cm³/mol. The molecule has 1 N–H and O–H groups in total. The molecule has 0 bridgehead atoms.